The first-order chi connectivity index (χ1) is 52.4. The van der Waals surface area contributed by atoms with E-state index in [0.717, 1.165) is 108 Å². The van der Waals surface area contributed by atoms with Crippen LogP contribution in [0.3, 0.4) is 0 Å². The minimum Gasteiger partial charge on any atom is -0.462 e. The van der Waals surface area contributed by atoms with Crippen LogP contribution in [0.2, 0.25) is 0 Å². The van der Waals surface area contributed by atoms with E-state index < -0.39 is 97.5 Å². The zero-order chi connectivity index (χ0) is 79.2. The van der Waals surface area contributed by atoms with Crippen molar-refractivity contribution in [3.05, 3.63) is 0 Å². The molecule has 0 heterocycles. The first-order valence-electron chi connectivity index (χ1n) is 46.0. The Kier molecular flexibility index (Phi) is 78.8. The fourth-order valence-corrected chi connectivity index (χ4v) is 15.5. The van der Waals surface area contributed by atoms with Crippen molar-refractivity contribution < 1.29 is 80.2 Å². The van der Waals surface area contributed by atoms with Crippen LogP contribution in [0.25, 0.3) is 0 Å². The van der Waals surface area contributed by atoms with Gasteiger partial charge in [-0.3, -0.25) is 37.3 Å². The number of ether oxygens (including phenoxy) is 4. The van der Waals surface area contributed by atoms with Crippen LogP contribution in [0.15, 0.2) is 0 Å². The van der Waals surface area contributed by atoms with Crippen molar-refractivity contribution in [1.29, 1.82) is 0 Å². The highest BCUT2D eigenvalue weighted by atomic mass is 31.2. The second kappa shape index (κ2) is 80.3. The Bertz CT molecular complexity index is 2070. The molecule has 108 heavy (non-hydrogen) atoms. The van der Waals surface area contributed by atoms with Crippen molar-refractivity contribution in [2.45, 2.75) is 496 Å². The minimum atomic E-state index is -4.97. The van der Waals surface area contributed by atoms with E-state index in [2.05, 4.69) is 41.5 Å². The predicted octanol–water partition coefficient (Wildman–Crippen LogP) is 27.4. The third-order valence-electron chi connectivity index (χ3n) is 21.3. The SMILES string of the molecule is CCCCCCCCCCCCCCCCCCCCCCCCC(=O)O[C@H](COC(=O)CCCCCCCCCCCCCCCCCCCCCC)COP(=O)(O)OC[C@@H](O)COP(=O)(O)OC[C@@H](COC(=O)CCCCCCCCC(C)CC)OC(=O)CCCCCCCCCCCCCCCC(C)C. The third kappa shape index (κ3) is 80.7. The molecule has 19 heteroatoms. The zero-order valence-electron chi connectivity index (χ0n) is 71.2. The topological polar surface area (TPSA) is 237 Å². The molecular weight excluding hydrogens is 1400 g/mol. The van der Waals surface area contributed by atoms with Gasteiger partial charge in [0.25, 0.3) is 0 Å². The van der Waals surface area contributed by atoms with E-state index in [1.165, 1.54) is 289 Å². The molecule has 3 unspecified atom stereocenters. The van der Waals surface area contributed by atoms with E-state index in [-0.39, 0.29) is 25.7 Å². The summed E-state index contributed by atoms with van der Waals surface area (Å²) >= 11 is 0. The fourth-order valence-electron chi connectivity index (χ4n) is 13.9. The number of carbonyl (C=O) groups excluding carboxylic acids is 4. The summed E-state index contributed by atoms with van der Waals surface area (Å²) in [5.74, 6) is -0.584. The van der Waals surface area contributed by atoms with Gasteiger partial charge in [-0.1, -0.05) is 427 Å². The van der Waals surface area contributed by atoms with Crippen LogP contribution in [0, 0.1) is 11.8 Å². The van der Waals surface area contributed by atoms with Crippen LogP contribution in [-0.4, -0.2) is 96.7 Å². The van der Waals surface area contributed by atoms with E-state index >= 15 is 0 Å². The molecule has 0 aromatic carbocycles. The average molecular weight is 1580 g/mol. The highest BCUT2D eigenvalue weighted by Crippen LogP contribution is 2.45. The standard InChI is InChI=1S/C89H174O17P2/c1-7-10-12-14-16-18-20-22-24-26-28-30-31-33-35-37-41-45-49-53-61-67-73-88(93)105-84(77-99-86(91)71-65-59-52-48-44-40-36-34-32-29-27-25-23-21-19-17-15-13-11-8-2)79-103-107(95,96)101-75-83(90)76-102-108(97,98)104-80-85(78-100-87(92)72-66-60-56-55-58-64-70-82(6)9-3)106-89(94)74-68-62-54-50-46-42-38-39-43-47-51-57-63-69-81(4)5/h81-85,90H,7-80H2,1-6H3,(H,95,96)(H,97,98)/t82?,83-,84-,85-/m1/s1. The first-order valence-corrected chi connectivity index (χ1v) is 49.0. The Labute approximate surface area is 664 Å². The normalized spacial score (nSPS) is 14.0. The van der Waals surface area contributed by atoms with Gasteiger partial charge in [-0.05, 0) is 37.5 Å². The Hall–Kier alpha value is -1.94. The smallest absolute Gasteiger partial charge is 0.462 e. The average Bonchev–Trinajstić information content (AvgIpc) is 0.899. The van der Waals surface area contributed by atoms with Crippen LogP contribution in [0.4, 0.5) is 0 Å². The highest BCUT2D eigenvalue weighted by molar-refractivity contribution is 7.47. The number of hydrogen-bond acceptors (Lipinski definition) is 15. The van der Waals surface area contributed by atoms with E-state index in [0.29, 0.717) is 25.7 Å². The molecule has 3 N–H and O–H groups in total. The molecule has 0 aliphatic heterocycles. The number of rotatable bonds is 88. The molecule has 0 bridgehead atoms. The lowest BCUT2D eigenvalue weighted by molar-refractivity contribution is -0.161. The van der Waals surface area contributed by atoms with Crippen LogP contribution in [0.1, 0.15) is 478 Å². The number of aliphatic hydroxyl groups is 1. The van der Waals surface area contributed by atoms with Gasteiger partial charge in [0.15, 0.2) is 12.2 Å². The van der Waals surface area contributed by atoms with Crippen molar-refractivity contribution in [3.63, 3.8) is 0 Å². The van der Waals surface area contributed by atoms with Gasteiger partial charge < -0.3 is 33.8 Å². The summed E-state index contributed by atoms with van der Waals surface area (Å²) in [6, 6.07) is 0. The van der Waals surface area contributed by atoms with Gasteiger partial charge in [0.1, 0.15) is 19.3 Å². The highest BCUT2D eigenvalue weighted by Gasteiger charge is 2.31. The van der Waals surface area contributed by atoms with Crippen molar-refractivity contribution in [2.24, 2.45) is 11.8 Å². The van der Waals surface area contributed by atoms with Crippen molar-refractivity contribution in [2.75, 3.05) is 39.6 Å². The summed E-state index contributed by atoms with van der Waals surface area (Å²) in [6.45, 7) is 9.66. The van der Waals surface area contributed by atoms with E-state index in [9.17, 15) is 43.2 Å². The minimum absolute atomic E-state index is 0.107. The monoisotopic (exact) mass is 1580 g/mol. The Morgan fingerprint density at radius 1 is 0.269 bits per heavy atom. The molecule has 0 aromatic heterocycles. The number of carbonyl (C=O) groups is 4. The largest absolute Gasteiger partial charge is 0.472 e. The number of unbranched alkanes of at least 4 members (excludes halogenated alkanes) is 57. The molecule has 0 aromatic rings. The Morgan fingerprint density at radius 3 is 0.704 bits per heavy atom. The molecule has 0 spiro atoms. The van der Waals surface area contributed by atoms with Crippen LogP contribution < -0.4 is 0 Å². The molecule has 0 aliphatic carbocycles. The lowest BCUT2D eigenvalue weighted by atomic mass is 10.00. The molecule has 0 fully saturated rings. The van der Waals surface area contributed by atoms with E-state index in [4.69, 9.17) is 37.0 Å². The van der Waals surface area contributed by atoms with Gasteiger partial charge in [-0.25, -0.2) is 9.13 Å². The van der Waals surface area contributed by atoms with Crippen molar-refractivity contribution >= 4 is 39.5 Å². The molecule has 0 aliphatic rings. The summed E-state index contributed by atoms with van der Waals surface area (Å²) in [5, 5.41) is 10.7. The summed E-state index contributed by atoms with van der Waals surface area (Å²) in [5.41, 5.74) is 0. The number of phosphoric acid groups is 2. The number of phosphoric ester groups is 2. The van der Waals surface area contributed by atoms with E-state index in [1.54, 1.807) is 0 Å². The van der Waals surface area contributed by atoms with Gasteiger partial charge in [0.2, 0.25) is 0 Å². The molecule has 0 radical (unpaired) electrons. The summed E-state index contributed by atoms with van der Waals surface area (Å²) in [7, 11) is -9.93. The molecule has 6 atom stereocenters. The van der Waals surface area contributed by atoms with Gasteiger partial charge in [-0.15, -0.1) is 0 Å². The van der Waals surface area contributed by atoms with Gasteiger partial charge in [0, 0.05) is 25.7 Å². The molecule has 0 amide bonds. The maximum Gasteiger partial charge on any atom is 0.472 e. The lowest BCUT2D eigenvalue weighted by Crippen LogP contribution is -2.30. The molecule has 642 valence electrons. The Morgan fingerprint density at radius 2 is 0.472 bits per heavy atom. The van der Waals surface area contributed by atoms with Crippen LogP contribution in [-0.2, 0) is 65.4 Å². The quantitative estimate of drug-likeness (QED) is 0.0222. The van der Waals surface area contributed by atoms with Gasteiger partial charge in [-0.2, -0.15) is 0 Å². The summed E-state index contributed by atoms with van der Waals surface area (Å²) in [4.78, 5) is 73.3. The molecular formula is C89H174O17P2. The van der Waals surface area contributed by atoms with E-state index in [1.807, 2.05) is 0 Å². The van der Waals surface area contributed by atoms with Crippen molar-refractivity contribution in [3.8, 4) is 0 Å². The number of esters is 4. The second-order valence-corrected chi connectivity index (χ2v) is 35.6. The van der Waals surface area contributed by atoms with Crippen LogP contribution >= 0.6 is 15.6 Å². The summed E-state index contributed by atoms with van der Waals surface area (Å²) < 4.78 is 69.0. The maximum absolute atomic E-state index is 13.2. The zero-order valence-corrected chi connectivity index (χ0v) is 73.0. The molecule has 0 saturated carbocycles. The van der Waals surface area contributed by atoms with Gasteiger partial charge >= 0.3 is 39.5 Å². The van der Waals surface area contributed by atoms with Crippen molar-refractivity contribution in [1.82, 2.24) is 0 Å². The fraction of sp³-hybridized carbons (Fsp3) is 0.955. The number of aliphatic hydroxyl groups excluding tert-OH is 1. The maximum atomic E-state index is 13.2. The molecule has 0 rings (SSSR count). The molecule has 0 saturated heterocycles. The third-order valence-corrected chi connectivity index (χ3v) is 23.2. The predicted molar refractivity (Wildman–Crippen MR) is 446 cm³/mol. The second-order valence-electron chi connectivity index (χ2n) is 32.7. The summed E-state index contributed by atoms with van der Waals surface area (Å²) in [6.07, 6.45) is 73.9. The first kappa shape index (κ1) is 106. The van der Waals surface area contributed by atoms with Gasteiger partial charge in [0.05, 0.1) is 26.4 Å². The van der Waals surface area contributed by atoms with Crippen LogP contribution in [0.5, 0.6) is 0 Å². The number of hydrogen-bond donors (Lipinski definition) is 3. The molecule has 17 nitrogen and oxygen atoms in total. The Balaban J connectivity index is 5.22. The lowest BCUT2D eigenvalue weighted by Gasteiger charge is -2.21.